The van der Waals surface area contributed by atoms with E-state index in [0.717, 1.165) is 0 Å². The lowest BCUT2D eigenvalue weighted by Crippen LogP contribution is -2.18. The van der Waals surface area contributed by atoms with Crippen LogP contribution in [0.4, 0.5) is 0 Å². The number of fused-ring (bicyclic) bond motifs is 1. The summed E-state index contributed by atoms with van der Waals surface area (Å²) in [5, 5.41) is 10.2. The molecule has 7 heteroatoms. The number of esters is 1. The Morgan fingerprint density at radius 3 is 2.75 bits per heavy atom. The molecule has 0 unspecified atom stereocenters. The van der Waals surface area contributed by atoms with Crippen molar-refractivity contribution in [3.8, 4) is 17.2 Å². The van der Waals surface area contributed by atoms with Crippen LogP contribution in [0.1, 0.15) is 29.2 Å². The predicted octanol–water partition coefficient (Wildman–Crippen LogP) is 2.08. The number of rotatable bonds is 4. The molecule has 1 aromatic carbocycles. The summed E-state index contributed by atoms with van der Waals surface area (Å²) in [5.41, 5.74) is -0.0833. The van der Waals surface area contributed by atoms with Crippen LogP contribution in [0.2, 0.25) is 0 Å². The average Bonchev–Trinajstić information content (AvgIpc) is 3.00. The van der Waals surface area contributed by atoms with Gasteiger partial charge in [-0.1, -0.05) is 6.07 Å². The minimum Gasteiger partial charge on any atom is -0.507 e. The Morgan fingerprint density at radius 2 is 2.04 bits per heavy atom. The summed E-state index contributed by atoms with van der Waals surface area (Å²) in [4.78, 5) is 24.0. The molecule has 2 heterocycles. The van der Waals surface area contributed by atoms with Crippen molar-refractivity contribution in [1.29, 1.82) is 0 Å². The zero-order valence-electron chi connectivity index (χ0n) is 13.2. The number of hydrogen-bond acceptors (Lipinski definition) is 7. The first kappa shape index (κ1) is 15.9. The molecule has 7 nitrogen and oxygen atoms in total. The Morgan fingerprint density at radius 1 is 1.29 bits per heavy atom. The van der Waals surface area contributed by atoms with Crippen molar-refractivity contribution in [3.05, 3.63) is 51.6 Å². The molecular weight excluding hydrogens is 316 g/mol. The van der Waals surface area contributed by atoms with E-state index in [1.807, 2.05) is 0 Å². The van der Waals surface area contributed by atoms with E-state index in [9.17, 15) is 14.7 Å². The van der Waals surface area contributed by atoms with Crippen molar-refractivity contribution in [1.82, 2.24) is 0 Å². The molecule has 0 spiro atoms. The van der Waals surface area contributed by atoms with Crippen LogP contribution in [0.5, 0.6) is 17.2 Å². The number of hydrogen-bond donors (Lipinski definition) is 1. The van der Waals surface area contributed by atoms with Gasteiger partial charge in [-0.05, 0) is 24.6 Å². The quantitative estimate of drug-likeness (QED) is 0.856. The maximum absolute atomic E-state index is 12.2. The van der Waals surface area contributed by atoms with Crippen LogP contribution in [-0.4, -0.2) is 25.0 Å². The molecule has 0 saturated heterocycles. The SMILES string of the molecule is COC(=O)C[C@H](c1ccc2c(c1)OCO2)c1c(O)cc(C)oc1=O. The highest BCUT2D eigenvalue weighted by Crippen LogP contribution is 2.38. The van der Waals surface area contributed by atoms with Crippen molar-refractivity contribution >= 4 is 5.97 Å². The van der Waals surface area contributed by atoms with Gasteiger partial charge in [0.25, 0.3) is 0 Å². The Hall–Kier alpha value is -2.96. The van der Waals surface area contributed by atoms with Gasteiger partial charge >= 0.3 is 11.6 Å². The minimum atomic E-state index is -0.733. The lowest BCUT2D eigenvalue weighted by atomic mass is 9.88. The van der Waals surface area contributed by atoms with E-state index in [4.69, 9.17) is 18.6 Å². The number of aromatic hydroxyl groups is 1. The molecule has 1 N–H and O–H groups in total. The fourth-order valence-corrected chi connectivity index (χ4v) is 2.69. The van der Waals surface area contributed by atoms with E-state index in [1.165, 1.54) is 13.2 Å². The fraction of sp³-hybridized carbons (Fsp3) is 0.294. The maximum atomic E-state index is 12.2. The molecule has 126 valence electrons. The number of ether oxygens (including phenoxy) is 3. The lowest BCUT2D eigenvalue weighted by Gasteiger charge is -2.17. The highest BCUT2D eigenvalue weighted by molar-refractivity contribution is 5.71. The zero-order chi connectivity index (χ0) is 17.3. The van der Waals surface area contributed by atoms with E-state index in [1.54, 1.807) is 25.1 Å². The highest BCUT2D eigenvalue weighted by Gasteiger charge is 2.27. The third-order valence-electron chi connectivity index (χ3n) is 3.84. The van der Waals surface area contributed by atoms with Crippen molar-refractivity contribution in [2.24, 2.45) is 0 Å². The highest BCUT2D eigenvalue weighted by atomic mass is 16.7. The summed E-state index contributed by atoms with van der Waals surface area (Å²) in [6, 6.07) is 6.41. The van der Waals surface area contributed by atoms with E-state index in [-0.39, 0.29) is 30.3 Å². The maximum Gasteiger partial charge on any atom is 0.343 e. The summed E-state index contributed by atoms with van der Waals surface area (Å²) < 4.78 is 20.4. The molecular formula is C17H16O7. The van der Waals surface area contributed by atoms with Crippen molar-refractivity contribution in [3.63, 3.8) is 0 Å². The normalized spacial score (nSPS) is 13.6. The van der Waals surface area contributed by atoms with Crippen LogP contribution in [0.15, 0.2) is 33.5 Å². The number of carbonyl (C=O) groups excluding carboxylic acids is 1. The van der Waals surface area contributed by atoms with Crippen molar-refractivity contribution in [2.45, 2.75) is 19.3 Å². The smallest absolute Gasteiger partial charge is 0.343 e. The van der Waals surface area contributed by atoms with E-state index in [0.29, 0.717) is 17.1 Å². The van der Waals surface area contributed by atoms with Gasteiger partial charge in [-0.25, -0.2) is 4.79 Å². The number of methoxy groups -OCH3 is 1. The molecule has 0 amide bonds. The van der Waals surface area contributed by atoms with Crippen LogP contribution in [0.3, 0.4) is 0 Å². The van der Waals surface area contributed by atoms with Crippen molar-refractivity contribution in [2.75, 3.05) is 13.9 Å². The third-order valence-corrected chi connectivity index (χ3v) is 3.84. The molecule has 0 saturated carbocycles. The van der Waals surface area contributed by atoms with Gasteiger partial charge in [-0.2, -0.15) is 0 Å². The van der Waals surface area contributed by atoms with Gasteiger partial charge in [-0.15, -0.1) is 0 Å². The van der Waals surface area contributed by atoms with E-state index in [2.05, 4.69) is 0 Å². The third kappa shape index (κ3) is 2.92. The van der Waals surface area contributed by atoms with Crippen LogP contribution in [0, 0.1) is 6.92 Å². The van der Waals surface area contributed by atoms with Gasteiger partial charge in [0.2, 0.25) is 6.79 Å². The second-order valence-electron chi connectivity index (χ2n) is 5.39. The largest absolute Gasteiger partial charge is 0.507 e. The first-order valence-corrected chi connectivity index (χ1v) is 7.29. The van der Waals surface area contributed by atoms with Gasteiger partial charge in [-0.3, -0.25) is 4.79 Å². The summed E-state index contributed by atoms with van der Waals surface area (Å²) in [5.74, 6) is -0.103. The first-order chi connectivity index (χ1) is 11.5. The predicted molar refractivity (Wildman–Crippen MR) is 82.4 cm³/mol. The van der Waals surface area contributed by atoms with Crippen LogP contribution in [-0.2, 0) is 9.53 Å². The Bertz CT molecular complexity index is 837. The fourth-order valence-electron chi connectivity index (χ4n) is 2.69. The molecule has 0 aliphatic carbocycles. The Kier molecular flexibility index (Phi) is 4.16. The van der Waals surface area contributed by atoms with Gasteiger partial charge < -0.3 is 23.7 Å². The number of aryl methyl sites for hydroxylation is 1. The molecule has 2 aromatic rings. The number of carbonyl (C=O) groups is 1. The monoisotopic (exact) mass is 332 g/mol. The van der Waals surface area contributed by atoms with Crippen LogP contribution in [0.25, 0.3) is 0 Å². The van der Waals surface area contributed by atoms with Gasteiger partial charge in [0, 0.05) is 12.0 Å². The molecule has 0 fully saturated rings. The molecule has 3 rings (SSSR count). The first-order valence-electron chi connectivity index (χ1n) is 7.29. The Labute approximate surface area is 137 Å². The van der Waals surface area contributed by atoms with Crippen LogP contribution >= 0.6 is 0 Å². The molecule has 0 bridgehead atoms. The standard InChI is InChI=1S/C17H16O7/c1-9-5-12(18)16(17(20)24-9)11(7-15(19)21-2)10-3-4-13-14(6-10)23-8-22-13/h3-6,11,18H,7-8H2,1-2H3/t11-/m1/s1. The second-order valence-corrected chi connectivity index (χ2v) is 5.39. The lowest BCUT2D eigenvalue weighted by molar-refractivity contribution is -0.140. The zero-order valence-corrected chi connectivity index (χ0v) is 13.2. The van der Waals surface area contributed by atoms with Crippen LogP contribution < -0.4 is 15.1 Å². The Balaban J connectivity index is 2.11. The molecule has 1 aliphatic rings. The molecule has 0 radical (unpaired) electrons. The molecule has 1 aliphatic heterocycles. The van der Waals surface area contributed by atoms with Gasteiger partial charge in [0.05, 0.1) is 19.1 Å². The van der Waals surface area contributed by atoms with E-state index >= 15 is 0 Å². The van der Waals surface area contributed by atoms with Gasteiger partial charge in [0.1, 0.15) is 11.5 Å². The topological polar surface area (TPSA) is 95.2 Å². The summed E-state index contributed by atoms with van der Waals surface area (Å²) in [6.07, 6.45) is -0.127. The molecule has 24 heavy (non-hydrogen) atoms. The molecule has 1 aromatic heterocycles. The molecule has 1 atom stereocenters. The summed E-state index contributed by atoms with van der Waals surface area (Å²) in [7, 11) is 1.26. The van der Waals surface area contributed by atoms with Gasteiger partial charge in [0.15, 0.2) is 11.5 Å². The van der Waals surface area contributed by atoms with E-state index < -0.39 is 17.5 Å². The number of benzene rings is 1. The minimum absolute atomic E-state index is 0.00450. The summed E-state index contributed by atoms with van der Waals surface area (Å²) >= 11 is 0. The summed E-state index contributed by atoms with van der Waals surface area (Å²) in [6.45, 7) is 1.67. The average molecular weight is 332 g/mol. The second kappa shape index (κ2) is 6.27. The van der Waals surface area contributed by atoms with Crippen molar-refractivity contribution < 1.29 is 28.5 Å².